The molecule has 0 aliphatic heterocycles. The van der Waals surface area contributed by atoms with Gasteiger partial charge >= 0.3 is 0 Å². The van der Waals surface area contributed by atoms with E-state index in [0.717, 1.165) is 18.8 Å². The van der Waals surface area contributed by atoms with Crippen molar-refractivity contribution < 1.29 is 0 Å². The minimum absolute atomic E-state index is 0.0449. The Balaban J connectivity index is 2.37. The number of nitrogens with zero attached hydrogens (tertiary/aromatic N) is 3. The van der Waals surface area contributed by atoms with Crippen molar-refractivity contribution in [1.82, 2.24) is 15.1 Å². The van der Waals surface area contributed by atoms with Crippen molar-refractivity contribution >= 4 is 5.69 Å². The molecule has 0 fully saturated rings. The maximum Gasteiger partial charge on any atom is 0.268 e. The number of hydrogen-bond acceptors (Lipinski definition) is 4. The first-order chi connectivity index (χ1) is 8.65. The van der Waals surface area contributed by atoms with Crippen molar-refractivity contribution in [2.24, 2.45) is 0 Å². The van der Waals surface area contributed by atoms with Crippen LogP contribution in [0.5, 0.6) is 0 Å². The standard InChI is InChI=1S/C13H24N4O/c1-4-5-6-7-14-8-9-17-13(18)10-12(11-15-17)16(2)3/h10-11,14H,4-9H2,1-3H3. The Morgan fingerprint density at radius 2 is 2.11 bits per heavy atom. The molecule has 1 N–H and O–H groups in total. The molecule has 0 atom stereocenters. The van der Waals surface area contributed by atoms with Gasteiger partial charge in [-0.15, -0.1) is 0 Å². The third-order valence-electron chi connectivity index (χ3n) is 2.83. The summed E-state index contributed by atoms with van der Waals surface area (Å²) in [4.78, 5) is 13.6. The van der Waals surface area contributed by atoms with Crippen molar-refractivity contribution in [3.05, 3.63) is 22.6 Å². The zero-order chi connectivity index (χ0) is 13.4. The van der Waals surface area contributed by atoms with Gasteiger partial charge in [0.25, 0.3) is 5.56 Å². The van der Waals surface area contributed by atoms with E-state index in [9.17, 15) is 4.79 Å². The molecule has 1 aromatic heterocycles. The number of nitrogens with one attached hydrogen (secondary N) is 1. The molecule has 1 heterocycles. The second kappa shape index (κ2) is 7.87. The molecule has 0 amide bonds. The Hall–Kier alpha value is -1.36. The molecule has 1 rings (SSSR count). The lowest BCUT2D eigenvalue weighted by Gasteiger charge is -2.12. The van der Waals surface area contributed by atoms with Gasteiger partial charge in [0.2, 0.25) is 0 Å². The average Bonchev–Trinajstić information content (AvgIpc) is 2.35. The fourth-order valence-corrected chi connectivity index (χ4v) is 1.65. The summed E-state index contributed by atoms with van der Waals surface area (Å²) in [6, 6.07) is 1.62. The van der Waals surface area contributed by atoms with E-state index in [2.05, 4.69) is 17.3 Å². The lowest BCUT2D eigenvalue weighted by molar-refractivity contribution is 0.521. The monoisotopic (exact) mass is 252 g/mol. The van der Waals surface area contributed by atoms with Crippen LogP contribution in [0.25, 0.3) is 0 Å². The van der Waals surface area contributed by atoms with Crippen LogP contribution in [0.2, 0.25) is 0 Å². The van der Waals surface area contributed by atoms with Crippen molar-refractivity contribution in [3.63, 3.8) is 0 Å². The highest BCUT2D eigenvalue weighted by atomic mass is 16.1. The molecule has 0 unspecified atom stereocenters. The predicted molar refractivity (Wildman–Crippen MR) is 75.2 cm³/mol. The number of hydrogen-bond donors (Lipinski definition) is 1. The Morgan fingerprint density at radius 3 is 2.72 bits per heavy atom. The molecule has 5 nitrogen and oxygen atoms in total. The van der Waals surface area contributed by atoms with E-state index in [1.165, 1.54) is 23.9 Å². The molecule has 0 saturated carbocycles. The molecule has 102 valence electrons. The van der Waals surface area contributed by atoms with E-state index in [0.29, 0.717) is 6.54 Å². The predicted octanol–water partition coefficient (Wildman–Crippen LogP) is 1.09. The van der Waals surface area contributed by atoms with Crippen LogP contribution in [0.4, 0.5) is 5.69 Å². The molecular weight excluding hydrogens is 228 g/mol. The zero-order valence-corrected chi connectivity index (χ0v) is 11.6. The number of rotatable bonds is 8. The Morgan fingerprint density at radius 1 is 1.33 bits per heavy atom. The average molecular weight is 252 g/mol. The summed E-state index contributed by atoms with van der Waals surface area (Å²) < 4.78 is 1.50. The molecule has 0 aliphatic carbocycles. The minimum atomic E-state index is -0.0449. The Labute approximate surface area is 109 Å². The third-order valence-corrected chi connectivity index (χ3v) is 2.83. The van der Waals surface area contributed by atoms with Gasteiger partial charge in [-0.05, 0) is 13.0 Å². The SMILES string of the molecule is CCCCCNCCn1ncc(N(C)C)cc1=O. The van der Waals surface area contributed by atoms with Crippen LogP contribution in [0.15, 0.2) is 17.1 Å². The van der Waals surface area contributed by atoms with Crippen LogP contribution >= 0.6 is 0 Å². The van der Waals surface area contributed by atoms with Gasteiger partial charge in [0.15, 0.2) is 0 Å². The van der Waals surface area contributed by atoms with Gasteiger partial charge < -0.3 is 10.2 Å². The van der Waals surface area contributed by atoms with E-state index >= 15 is 0 Å². The third kappa shape index (κ3) is 4.87. The van der Waals surface area contributed by atoms with Gasteiger partial charge in [-0.3, -0.25) is 4.79 Å². The van der Waals surface area contributed by atoms with Gasteiger partial charge in [0.1, 0.15) is 0 Å². The molecule has 0 spiro atoms. The second-order valence-corrected chi connectivity index (χ2v) is 4.63. The highest BCUT2D eigenvalue weighted by Gasteiger charge is 2.01. The normalized spacial score (nSPS) is 10.6. The van der Waals surface area contributed by atoms with Crippen LogP contribution < -0.4 is 15.8 Å². The second-order valence-electron chi connectivity index (χ2n) is 4.63. The maximum absolute atomic E-state index is 11.8. The lowest BCUT2D eigenvalue weighted by Crippen LogP contribution is -2.29. The molecule has 18 heavy (non-hydrogen) atoms. The highest BCUT2D eigenvalue weighted by Crippen LogP contribution is 2.02. The van der Waals surface area contributed by atoms with Crippen molar-refractivity contribution in [1.29, 1.82) is 0 Å². The smallest absolute Gasteiger partial charge is 0.268 e. The Kier molecular flexibility index (Phi) is 6.43. The van der Waals surface area contributed by atoms with Gasteiger partial charge in [-0.1, -0.05) is 19.8 Å². The molecule has 0 aliphatic rings. The minimum Gasteiger partial charge on any atom is -0.376 e. The maximum atomic E-state index is 11.8. The summed E-state index contributed by atoms with van der Waals surface area (Å²) in [6.45, 7) is 4.62. The van der Waals surface area contributed by atoms with Crippen molar-refractivity contribution in [3.8, 4) is 0 Å². The lowest BCUT2D eigenvalue weighted by atomic mass is 10.2. The largest absolute Gasteiger partial charge is 0.376 e. The van der Waals surface area contributed by atoms with E-state index in [-0.39, 0.29) is 5.56 Å². The van der Waals surface area contributed by atoms with Crippen molar-refractivity contribution in [2.75, 3.05) is 32.1 Å². The summed E-state index contributed by atoms with van der Waals surface area (Å²) in [6.07, 6.45) is 5.40. The van der Waals surface area contributed by atoms with E-state index in [1.54, 1.807) is 12.3 Å². The van der Waals surface area contributed by atoms with Crippen LogP contribution in [0.3, 0.4) is 0 Å². The molecule has 5 heteroatoms. The first-order valence-electron chi connectivity index (χ1n) is 6.60. The quantitative estimate of drug-likeness (QED) is 0.704. The van der Waals surface area contributed by atoms with Crippen LogP contribution in [-0.4, -0.2) is 37.0 Å². The fourth-order valence-electron chi connectivity index (χ4n) is 1.65. The van der Waals surface area contributed by atoms with Gasteiger partial charge in [-0.2, -0.15) is 5.10 Å². The Bertz CT molecular complexity index is 400. The van der Waals surface area contributed by atoms with E-state index in [1.807, 2.05) is 19.0 Å². The first-order valence-corrected chi connectivity index (χ1v) is 6.60. The van der Waals surface area contributed by atoms with Gasteiger partial charge in [0, 0.05) is 26.7 Å². The molecule has 0 bridgehead atoms. The van der Waals surface area contributed by atoms with Crippen LogP contribution in [0.1, 0.15) is 26.2 Å². The summed E-state index contributed by atoms with van der Waals surface area (Å²) in [7, 11) is 3.80. The van der Waals surface area contributed by atoms with E-state index in [4.69, 9.17) is 0 Å². The van der Waals surface area contributed by atoms with Crippen LogP contribution in [0, 0.1) is 0 Å². The molecule has 0 saturated heterocycles. The number of unbranched alkanes of at least 4 members (excludes halogenated alkanes) is 2. The summed E-state index contributed by atoms with van der Waals surface area (Å²) in [5.74, 6) is 0. The van der Waals surface area contributed by atoms with Crippen LogP contribution in [-0.2, 0) is 6.54 Å². The molecule has 0 radical (unpaired) electrons. The summed E-state index contributed by atoms with van der Waals surface area (Å²) in [5.41, 5.74) is 0.795. The number of aromatic nitrogens is 2. The summed E-state index contributed by atoms with van der Waals surface area (Å²) >= 11 is 0. The van der Waals surface area contributed by atoms with Gasteiger partial charge in [0.05, 0.1) is 18.4 Å². The number of anilines is 1. The topological polar surface area (TPSA) is 50.2 Å². The summed E-state index contributed by atoms with van der Waals surface area (Å²) in [5, 5.41) is 7.48. The highest BCUT2D eigenvalue weighted by molar-refractivity contribution is 5.40. The van der Waals surface area contributed by atoms with Crippen molar-refractivity contribution in [2.45, 2.75) is 32.7 Å². The fraction of sp³-hybridized carbons (Fsp3) is 0.692. The van der Waals surface area contributed by atoms with E-state index < -0.39 is 0 Å². The van der Waals surface area contributed by atoms with Gasteiger partial charge in [-0.25, -0.2) is 4.68 Å². The molecule has 0 aromatic carbocycles. The zero-order valence-electron chi connectivity index (χ0n) is 11.6. The first kappa shape index (κ1) is 14.7. The molecular formula is C13H24N4O. The molecule has 1 aromatic rings.